The molecule has 0 amide bonds. The van der Waals surface area contributed by atoms with Gasteiger partial charge in [0, 0.05) is 13.1 Å². The van der Waals surface area contributed by atoms with Gasteiger partial charge in [0.25, 0.3) is 0 Å². The van der Waals surface area contributed by atoms with Gasteiger partial charge >= 0.3 is 0 Å². The predicted octanol–water partition coefficient (Wildman–Crippen LogP) is 1.97. The van der Waals surface area contributed by atoms with Gasteiger partial charge in [0.2, 0.25) is 0 Å². The highest BCUT2D eigenvalue weighted by molar-refractivity contribution is 5.27. The molecular weight excluding hydrogens is 168 g/mol. The maximum Gasteiger partial charge on any atom is 0.199 e. The largest absolute Gasteiger partial charge is 0.450 e. The smallest absolute Gasteiger partial charge is 0.199 e. The molecule has 0 unspecified atom stereocenters. The van der Waals surface area contributed by atoms with Gasteiger partial charge in [0.1, 0.15) is 5.75 Å². The van der Waals surface area contributed by atoms with Gasteiger partial charge in [-0.05, 0) is 12.1 Å². The standard InChI is InChI=1S/C9H7N2O2/c1-7-9(6-11-13-7)12-8-3-2-4-10-5-8/h2-5H,1H3. The maximum absolute atomic E-state index is 5.37. The van der Waals surface area contributed by atoms with Gasteiger partial charge in [-0.3, -0.25) is 4.98 Å². The lowest BCUT2D eigenvalue weighted by molar-refractivity contribution is 0.385. The molecule has 0 N–H and O–H groups in total. The van der Waals surface area contributed by atoms with Crippen molar-refractivity contribution in [3.63, 3.8) is 0 Å². The maximum atomic E-state index is 5.37. The summed E-state index contributed by atoms with van der Waals surface area (Å²) >= 11 is 0. The van der Waals surface area contributed by atoms with E-state index < -0.39 is 0 Å². The van der Waals surface area contributed by atoms with Crippen LogP contribution in [0.25, 0.3) is 0 Å². The Hall–Kier alpha value is -1.84. The number of nitrogens with zero attached hydrogens (tertiary/aromatic N) is 2. The highest BCUT2D eigenvalue weighted by atomic mass is 16.5. The van der Waals surface area contributed by atoms with E-state index in [9.17, 15) is 0 Å². The summed E-state index contributed by atoms with van der Waals surface area (Å²) in [5.41, 5.74) is 0. The quantitative estimate of drug-likeness (QED) is 0.700. The van der Waals surface area contributed by atoms with Crippen LogP contribution in [-0.2, 0) is 0 Å². The summed E-state index contributed by atoms with van der Waals surface area (Å²) in [6.07, 6.45) is 5.88. The van der Waals surface area contributed by atoms with Gasteiger partial charge in [-0.2, -0.15) is 0 Å². The number of aryl methyl sites for hydroxylation is 1. The van der Waals surface area contributed by atoms with E-state index in [0.717, 1.165) is 0 Å². The molecule has 1 radical (unpaired) electrons. The van der Waals surface area contributed by atoms with Crippen LogP contribution in [0.2, 0.25) is 0 Å². The summed E-state index contributed by atoms with van der Waals surface area (Å²) in [4.78, 5) is 3.90. The van der Waals surface area contributed by atoms with E-state index >= 15 is 0 Å². The zero-order valence-corrected chi connectivity index (χ0v) is 7.02. The molecule has 0 fully saturated rings. The molecule has 13 heavy (non-hydrogen) atoms. The zero-order valence-electron chi connectivity index (χ0n) is 7.02. The van der Waals surface area contributed by atoms with Gasteiger partial charge in [-0.1, -0.05) is 5.16 Å². The number of hydrogen-bond acceptors (Lipinski definition) is 4. The molecule has 0 saturated carbocycles. The van der Waals surface area contributed by atoms with Crippen molar-refractivity contribution >= 4 is 0 Å². The average molecular weight is 175 g/mol. The number of ether oxygens (including phenoxy) is 1. The Morgan fingerprint density at radius 2 is 2.46 bits per heavy atom. The summed E-state index contributed by atoms with van der Waals surface area (Å²) in [6.45, 7) is 1.76. The zero-order chi connectivity index (χ0) is 9.10. The fourth-order valence-corrected chi connectivity index (χ4v) is 0.873. The topological polar surface area (TPSA) is 48.2 Å². The fourth-order valence-electron chi connectivity index (χ4n) is 0.873. The predicted molar refractivity (Wildman–Crippen MR) is 44.4 cm³/mol. The second kappa shape index (κ2) is 3.26. The first-order valence-corrected chi connectivity index (χ1v) is 3.78. The number of pyridine rings is 1. The lowest BCUT2D eigenvalue weighted by Crippen LogP contribution is -1.84. The Labute approximate surface area is 75.2 Å². The van der Waals surface area contributed by atoms with Crippen molar-refractivity contribution in [3.8, 4) is 11.5 Å². The first-order valence-electron chi connectivity index (χ1n) is 3.78. The van der Waals surface area contributed by atoms with Gasteiger partial charge in [-0.25, -0.2) is 0 Å². The molecule has 65 valence electrons. The minimum atomic E-state index is 0.494. The van der Waals surface area contributed by atoms with Crippen LogP contribution in [0.5, 0.6) is 11.5 Å². The van der Waals surface area contributed by atoms with Crippen LogP contribution in [-0.4, -0.2) is 10.1 Å². The van der Waals surface area contributed by atoms with Gasteiger partial charge in [-0.15, -0.1) is 0 Å². The molecule has 0 aliphatic heterocycles. The van der Waals surface area contributed by atoms with Crippen LogP contribution in [0.15, 0.2) is 29.0 Å². The van der Waals surface area contributed by atoms with Gasteiger partial charge in [0.05, 0.1) is 6.20 Å². The van der Waals surface area contributed by atoms with Gasteiger partial charge < -0.3 is 9.26 Å². The van der Waals surface area contributed by atoms with Crippen molar-refractivity contribution < 1.29 is 9.26 Å². The molecule has 2 aromatic rings. The Kier molecular flexibility index (Phi) is 1.96. The third-order valence-corrected chi connectivity index (χ3v) is 1.50. The Morgan fingerprint density at radius 1 is 1.54 bits per heavy atom. The van der Waals surface area contributed by atoms with Gasteiger partial charge in [0.15, 0.2) is 17.7 Å². The summed E-state index contributed by atoms with van der Waals surface area (Å²) in [5.74, 6) is 1.74. The molecule has 0 aromatic carbocycles. The van der Waals surface area contributed by atoms with E-state index in [1.165, 1.54) is 0 Å². The number of rotatable bonds is 2. The third kappa shape index (κ3) is 1.66. The summed E-state index contributed by atoms with van der Waals surface area (Å²) < 4.78 is 10.2. The van der Waals surface area contributed by atoms with Crippen molar-refractivity contribution in [2.24, 2.45) is 0 Å². The van der Waals surface area contributed by atoms with Crippen LogP contribution >= 0.6 is 0 Å². The van der Waals surface area contributed by atoms with Crippen molar-refractivity contribution in [1.29, 1.82) is 0 Å². The van der Waals surface area contributed by atoms with Crippen LogP contribution in [0.4, 0.5) is 0 Å². The first-order chi connectivity index (χ1) is 6.36. The molecule has 0 bridgehead atoms. The van der Waals surface area contributed by atoms with Crippen molar-refractivity contribution in [1.82, 2.24) is 10.1 Å². The summed E-state index contributed by atoms with van der Waals surface area (Å²) in [5, 5.41) is 3.47. The molecule has 0 aliphatic carbocycles. The third-order valence-electron chi connectivity index (χ3n) is 1.50. The number of aromatic nitrogens is 2. The summed E-state index contributed by atoms with van der Waals surface area (Å²) in [7, 11) is 0. The van der Waals surface area contributed by atoms with E-state index in [0.29, 0.717) is 17.3 Å². The highest BCUT2D eigenvalue weighted by Gasteiger charge is 2.05. The van der Waals surface area contributed by atoms with Crippen LogP contribution < -0.4 is 4.74 Å². The van der Waals surface area contributed by atoms with Crippen LogP contribution in [0.3, 0.4) is 0 Å². The highest BCUT2D eigenvalue weighted by Crippen LogP contribution is 2.22. The molecule has 0 saturated heterocycles. The van der Waals surface area contributed by atoms with E-state index in [1.807, 2.05) is 0 Å². The Balaban J connectivity index is 2.20. The van der Waals surface area contributed by atoms with Crippen molar-refractivity contribution in [2.75, 3.05) is 0 Å². The number of hydrogen-bond donors (Lipinski definition) is 0. The van der Waals surface area contributed by atoms with Crippen LogP contribution in [0, 0.1) is 13.1 Å². The molecule has 0 atom stereocenters. The molecule has 0 aliphatic rings. The fraction of sp³-hybridized carbons (Fsp3) is 0.111. The lowest BCUT2D eigenvalue weighted by Gasteiger charge is -2.00. The van der Waals surface area contributed by atoms with E-state index in [-0.39, 0.29) is 0 Å². The molecule has 0 spiro atoms. The normalized spacial score (nSPS) is 9.92. The second-order valence-corrected chi connectivity index (χ2v) is 2.47. The van der Waals surface area contributed by atoms with E-state index in [1.54, 1.807) is 31.5 Å². The molecule has 2 heterocycles. The van der Waals surface area contributed by atoms with E-state index in [2.05, 4.69) is 16.3 Å². The SMILES string of the molecule is Cc1on[c]c1Oc1cccnc1. The van der Waals surface area contributed by atoms with Crippen molar-refractivity contribution in [2.45, 2.75) is 6.92 Å². The first kappa shape index (κ1) is 7.79. The van der Waals surface area contributed by atoms with E-state index in [4.69, 9.17) is 9.26 Å². The minimum Gasteiger partial charge on any atom is -0.450 e. The average Bonchev–Trinajstić information content (AvgIpc) is 2.54. The molecule has 2 aromatic heterocycles. The summed E-state index contributed by atoms with van der Waals surface area (Å²) in [6, 6.07) is 3.59. The molecule has 4 heteroatoms. The van der Waals surface area contributed by atoms with Crippen LogP contribution in [0.1, 0.15) is 5.76 Å². The Bertz CT molecular complexity index is 384. The molecular formula is C9H7N2O2. The Morgan fingerprint density at radius 3 is 3.08 bits per heavy atom. The minimum absolute atomic E-state index is 0.494. The second-order valence-electron chi connectivity index (χ2n) is 2.47. The van der Waals surface area contributed by atoms with Crippen molar-refractivity contribution in [3.05, 3.63) is 36.5 Å². The molecule has 2 rings (SSSR count). The molecule has 4 nitrogen and oxygen atoms in total. The monoisotopic (exact) mass is 175 g/mol. The lowest BCUT2D eigenvalue weighted by atomic mass is 10.4.